The van der Waals surface area contributed by atoms with Gasteiger partial charge in [0.1, 0.15) is 5.82 Å². The number of rotatable bonds is 5. The van der Waals surface area contributed by atoms with E-state index < -0.39 is 0 Å². The molecule has 1 rings (SSSR count). The molecule has 0 saturated carbocycles. The Morgan fingerprint density at radius 1 is 1.47 bits per heavy atom. The normalized spacial score (nSPS) is 12.7. The van der Waals surface area contributed by atoms with Crippen LogP contribution in [0.25, 0.3) is 0 Å². The molecule has 84 valence electrons. The van der Waals surface area contributed by atoms with Crippen molar-refractivity contribution < 1.29 is 9.13 Å². The number of hydrogen-bond acceptors (Lipinski definition) is 2. The quantitative estimate of drug-likeness (QED) is 0.759. The zero-order valence-corrected chi connectivity index (χ0v) is 9.29. The van der Waals surface area contributed by atoms with Gasteiger partial charge in [-0.2, -0.15) is 0 Å². The lowest BCUT2D eigenvalue weighted by Gasteiger charge is -2.13. The summed E-state index contributed by atoms with van der Waals surface area (Å²) in [7, 11) is 0. The zero-order chi connectivity index (χ0) is 11.3. The summed E-state index contributed by atoms with van der Waals surface area (Å²) in [5.41, 5.74) is 6.58. The molecule has 0 spiro atoms. The molecule has 0 aliphatic heterocycles. The second kappa shape index (κ2) is 5.71. The Morgan fingerprint density at radius 2 is 2.20 bits per heavy atom. The van der Waals surface area contributed by atoms with Crippen molar-refractivity contribution in [3.8, 4) is 0 Å². The SMILES string of the molecule is CCCC(C)OCc1c(N)cccc1F. The number of ether oxygens (including phenoxy) is 1. The molecular formula is C12H18FNO. The first-order valence-electron chi connectivity index (χ1n) is 5.29. The van der Waals surface area contributed by atoms with E-state index >= 15 is 0 Å². The third-order valence-electron chi connectivity index (χ3n) is 2.36. The van der Waals surface area contributed by atoms with Gasteiger partial charge in [-0.25, -0.2) is 4.39 Å². The minimum Gasteiger partial charge on any atom is -0.398 e. The van der Waals surface area contributed by atoms with Crippen molar-refractivity contribution >= 4 is 5.69 Å². The predicted molar refractivity (Wildman–Crippen MR) is 60.0 cm³/mol. The molecule has 0 fully saturated rings. The Morgan fingerprint density at radius 3 is 2.80 bits per heavy atom. The first kappa shape index (κ1) is 12.0. The molecule has 0 aliphatic rings. The van der Waals surface area contributed by atoms with Crippen LogP contribution in [0.15, 0.2) is 18.2 Å². The van der Waals surface area contributed by atoms with Crippen LogP contribution in [0, 0.1) is 5.82 Å². The van der Waals surface area contributed by atoms with Gasteiger partial charge in [-0.3, -0.25) is 0 Å². The van der Waals surface area contributed by atoms with Crippen LogP contribution in [0.4, 0.5) is 10.1 Å². The van der Waals surface area contributed by atoms with Gasteiger partial charge in [0.25, 0.3) is 0 Å². The van der Waals surface area contributed by atoms with Crippen LogP contribution < -0.4 is 5.73 Å². The van der Waals surface area contributed by atoms with Crippen molar-refractivity contribution in [2.75, 3.05) is 5.73 Å². The Balaban J connectivity index is 2.57. The number of anilines is 1. The standard InChI is InChI=1S/C12H18FNO/c1-3-5-9(2)15-8-10-11(13)6-4-7-12(10)14/h4,6-7,9H,3,5,8,14H2,1-2H3. The summed E-state index contributed by atoms with van der Waals surface area (Å²) in [6.07, 6.45) is 2.19. The van der Waals surface area contributed by atoms with E-state index in [1.54, 1.807) is 12.1 Å². The molecule has 1 aromatic carbocycles. The van der Waals surface area contributed by atoms with Gasteiger partial charge in [-0.05, 0) is 25.5 Å². The van der Waals surface area contributed by atoms with Crippen molar-refractivity contribution in [1.82, 2.24) is 0 Å². The zero-order valence-electron chi connectivity index (χ0n) is 9.29. The summed E-state index contributed by atoms with van der Waals surface area (Å²) in [5, 5.41) is 0. The maximum Gasteiger partial charge on any atom is 0.130 e. The van der Waals surface area contributed by atoms with Gasteiger partial charge in [0.2, 0.25) is 0 Å². The van der Waals surface area contributed by atoms with E-state index in [0.717, 1.165) is 12.8 Å². The highest BCUT2D eigenvalue weighted by atomic mass is 19.1. The molecule has 0 amide bonds. The highest BCUT2D eigenvalue weighted by molar-refractivity contribution is 5.46. The van der Waals surface area contributed by atoms with Crippen molar-refractivity contribution in [1.29, 1.82) is 0 Å². The lowest BCUT2D eigenvalue weighted by molar-refractivity contribution is 0.0459. The van der Waals surface area contributed by atoms with Crippen LogP contribution in [0.5, 0.6) is 0 Å². The molecule has 2 nitrogen and oxygen atoms in total. The first-order chi connectivity index (χ1) is 7.15. The average Bonchev–Trinajstić information content (AvgIpc) is 2.17. The molecule has 0 bridgehead atoms. The van der Waals surface area contributed by atoms with Gasteiger partial charge in [-0.1, -0.05) is 19.4 Å². The van der Waals surface area contributed by atoms with Crippen molar-refractivity contribution in [2.24, 2.45) is 0 Å². The Kier molecular flexibility index (Phi) is 4.56. The van der Waals surface area contributed by atoms with E-state index in [4.69, 9.17) is 10.5 Å². The molecule has 1 atom stereocenters. The van der Waals surface area contributed by atoms with Crippen LogP contribution in [0.2, 0.25) is 0 Å². The fourth-order valence-electron chi connectivity index (χ4n) is 1.44. The lowest BCUT2D eigenvalue weighted by atomic mass is 10.2. The van der Waals surface area contributed by atoms with Crippen LogP contribution >= 0.6 is 0 Å². The second-order valence-electron chi connectivity index (χ2n) is 3.72. The van der Waals surface area contributed by atoms with Gasteiger partial charge in [-0.15, -0.1) is 0 Å². The van der Waals surface area contributed by atoms with E-state index in [-0.39, 0.29) is 18.5 Å². The Hall–Kier alpha value is -1.09. The summed E-state index contributed by atoms with van der Waals surface area (Å²) in [4.78, 5) is 0. The molecular weight excluding hydrogens is 193 g/mol. The fraction of sp³-hybridized carbons (Fsp3) is 0.500. The van der Waals surface area contributed by atoms with Crippen LogP contribution in [0.3, 0.4) is 0 Å². The monoisotopic (exact) mass is 211 g/mol. The van der Waals surface area contributed by atoms with E-state index in [0.29, 0.717) is 11.3 Å². The number of hydrogen-bond donors (Lipinski definition) is 1. The summed E-state index contributed by atoms with van der Waals surface area (Å²) >= 11 is 0. The van der Waals surface area contributed by atoms with Gasteiger partial charge in [0.15, 0.2) is 0 Å². The number of halogens is 1. The topological polar surface area (TPSA) is 35.2 Å². The molecule has 3 heteroatoms. The predicted octanol–water partition coefficient (Wildman–Crippen LogP) is 3.11. The van der Waals surface area contributed by atoms with E-state index in [9.17, 15) is 4.39 Å². The summed E-state index contributed by atoms with van der Waals surface area (Å²) in [6.45, 7) is 4.33. The first-order valence-corrected chi connectivity index (χ1v) is 5.29. The largest absolute Gasteiger partial charge is 0.398 e. The van der Waals surface area contributed by atoms with Crippen molar-refractivity contribution in [3.05, 3.63) is 29.6 Å². The van der Waals surface area contributed by atoms with Crippen molar-refractivity contribution in [3.63, 3.8) is 0 Å². The minimum absolute atomic E-state index is 0.147. The Bertz CT molecular complexity index is 294. The molecule has 0 aliphatic carbocycles. The molecule has 1 unspecified atom stereocenters. The third-order valence-corrected chi connectivity index (χ3v) is 2.36. The second-order valence-corrected chi connectivity index (χ2v) is 3.72. The molecule has 0 radical (unpaired) electrons. The van der Waals surface area contributed by atoms with Crippen LogP contribution in [-0.2, 0) is 11.3 Å². The minimum atomic E-state index is -0.293. The molecule has 15 heavy (non-hydrogen) atoms. The van der Waals surface area contributed by atoms with Gasteiger partial charge in [0.05, 0.1) is 12.7 Å². The lowest BCUT2D eigenvalue weighted by Crippen LogP contribution is -2.09. The summed E-state index contributed by atoms with van der Waals surface area (Å²) in [6, 6.07) is 4.69. The Labute approximate surface area is 90.2 Å². The molecule has 1 aromatic rings. The number of nitrogens with two attached hydrogens (primary N) is 1. The molecule has 2 N–H and O–H groups in total. The van der Waals surface area contributed by atoms with Gasteiger partial charge >= 0.3 is 0 Å². The maximum absolute atomic E-state index is 13.3. The fourth-order valence-corrected chi connectivity index (χ4v) is 1.44. The van der Waals surface area contributed by atoms with Crippen LogP contribution in [0.1, 0.15) is 32.3 Å². The number of benzene rings is 1. The van der Waals surface area contributed by atoms with Crippen molar-refractivity contribution in [2.45, 2.75) is 39.4 Å². The summed E-state index contributed by atoms with van der Waals surface area (Å²) in [5.74, 6) is -0.293. The average molecular weight is 211 g/mol. The molecule has 0 aromatic heterocycles. The smallest absolute Gasteiger partial charge is 0.130 e. The maximum atomic E-state index is 13.3. The van der Waals surface area contributed by atoms with E-state index in [1.807, 2.05) is 6.92 Å². The highest BCUT2D eigenvalue weighted by Gasteiger charge is 2.08. The van der Waals surface area contributed by atoms with Gasteiger partial charge in [0, 0.05) is 11.3 Å². The molecule has 0 saturated heterocycles. The van der Waals surface area contributed by atoms with E-state index in [1.165, 1.54) is 6.07 Å². The van der Waals surface area contributed by atoms with E-state index in [2.05, 4.69) is 6.92 Å². The summed E-state index contributed by atoms with van der Waals surface area (Å²) < 4.78 is 18.8. The third kappa shape index (κ3) is 3.51. The highest BCUT2D eigenvalue weighted by Crippen LogP contribution is 2.17. The molecule has 0 heterocycles. The van der Waals surface area contributed by atoms with Gasteiger partial charge < -0.3 is 10.5 Å². The van der Waals surface area contributed by atoms with Crippen LogP contribution in [-0.4, -0.2) is 6.10 Å². The number of nitrogen functional groups attached to an aromatic ring is 1.